The average molecular weight is 278 g/mol. The second kappa shape index (κ2) is 4.51. The van der Waals surface area contributed by atoms with Crippen molar-refractivity contribution in [1.29, 1.82) is 0 Å². The van der Waals surface area contributed by atoms with Crippen LogP contribution in [0.2, 0.25) is 5.02 Å². The zero-order valence-corrected chi connectivity index (χ0v) is 10.7. The quantitative estimate of drug-likeness (QED) is 0.722. The minimum atomic E-state index is -0.463. The van der Waals surface area contributed by atoms with Crippen LogP contribution in [0.25, 0.3) is 16.9 Å². The first-order valence-electron chi connectivity index (χ1n) is 5.52. The van der Waals surface area contributed by atoms with Gasteiger partial charge >= 0.3 is 0 Å². The van der Waals surface area contributed by atoms with Crippen LogP contribution in [-0.4, -0.2) is 21.5 Å². The molecule has 0 unspecified atom stereocenters. The van der Waals surface area contributed by atoms with E-state index in [1.165, 1.54) is 19.2 Å². The lowest BCUT2D eigenvalue weighted by molar-refractivity contribution is 0.400. The first-order chi connectivity index (χ1) is 9.20. The zero-order chi connectivity index (χ0) is 13.4. The van der Waals surface area contributed by atoms with Crippen molar-refractivity contribution in [1.82, 2.24) is 14.4 Å². The molecule has 0 aliphatic heterocycles. The van der Waals surface area contributed by atoms with Gasteiger partial charge in [0.05, 0.1) is 24.0 Å². The average Bonchev–Trinajstić information content (AvgIpc) is 2.85. The number of hydrogen-bond donors (Lipinski definition) is 0. The van der Waals surface area contributed by atoms with Gasteiger partial charge in [0.1, 0.15) is 5.82 Å². The van der Waals surface area contributed by atoms with E-state index in [4.69, 9.17) is 16.3 Å². The number of nitrogens with zero attached hydrogens (tertiary/aromatic N) is 3. The molecule has 3 rings (SSSR count). The van der Waals surface area contributed by atoms with E-state index < -0.39 is 5.82 Å². The van der Waals surface area contributed by atoms with Crippen LogP contribution in [0.15, 0.2) is 36.8 Å². The Hall–Kier alpha value is -2.14. The maximum absolute atomic E-state index is 13.5. The third kappa shape index (κ3) is 1.92. The fraction of sp³-hybridized carbons (Fsp3) is 0.0769. The lowest BCUT2D eigenvalue weighted by atomic mass is 10.1. The van der Waals surface area contributed by atoms with Crippen molar-refractivity contribution in [2.24, 2.45) is 0 Å². The lowest BCUT2D eigenvalue weighted by Gasteiger charge is -2.04. The summed E-state index contributed by atoms with van der Waals surface area (Å²) in [4.78, 5) is 8.30. The van der Waals surface area contributed by atoms with E-state index in [-0.39, 0.29) is 5.02 Å². The number of benzene rings is 1. The molecule has 2 aromatic heterocycles. The molecule has 19 heavy (non-hydrogen) atoms. The summed E-state index contributed by atoms with van der Waals surface area (Å²) in [6, 6.07) is 4.63. The number of fused-ring (bicyclic) bond motifs is 1. The molecule has 0 atom stereocenters. The Kier molecular flexibility index (Phi) is 2.83. The highest BCUT2D eigenvalue weighted by Crippen LogP contribution is 2.26. The van der Waals surface area contributed by atoms with Crippen molar-refractivity contribution in [3.05, 3.63) is 47.6 Å². The van der Waals surface area contributed by atoms with Gasteiger partial charge in [-0.05, 0) is 12.1 Å². The summed E-state index contributed by atoms with van der Waals surface area (Å²) in [5.74, 6) is -0.0432. The van der Waals surface area contributed by atoms with Crippen molar-refractivity contribution in [3.8, 4) is 17.1 Å². The number of rotatable bonds is 2. The maximum atomic E-state index is 13.5. The molecule has 6 heteroatoms. The van der Waals surface area contributed by atoms with E-state index in [9.17, 15) is 4.39 Å². The van der Waals surface area contributed by atoms with Crippen LogP contribution < -0.4 is 4.74 Å². The first-order valence-corrected chi connectivity index (χ1v) is 5.90. The summed E-state index contributed by atoms with van der Waals surface area (Å²) >= 11 is 5.68. The maximum Gasteiger partial charge on any atom is 0.258 e. The van der Waals surface area contributed by atoms with Gasteiger partial charge in [0.2, 0.25) is 5.65 Å². The van der Waals surface area contributed by atoms with Crippen LogP contribution in [0, 0.1) is 5.82 Å². The van der Waals surface area contributed by atoms with Crippen LogP contribution in [-0.2, 0) is 0 Å². The van der Waals surface area contributed by atoms with Gasteiger partial charge in [-0.3, -0.25) is 4.40 Å². The van der Waals surface area contributed by atoms with Crippen molar-refractivity contribution >= 4 is 17.2 Å². The van der Waals surface area contributed by atoms with E-state index in [0.29, 0.717) is 17.1 Å². The Labute approximate surface area is 113 Å². The monoisotopic (exact) mass is 277 g/mol. The number of methoxy groups -OCH3 is 1. The number of imidazole rings is 1. The normalized spacial score (nSPS) is 10.9. The fourth-order valence-electron chi connectivity index (χ4n) is 1.91. The molecule has 0 saturated carbocycles. The molecule has 0 fully saturated rings. The molecule has 0 radical (unpaired) electrons. The van der Waals surface area contributed by atoms with Gasteiger partial charge in [0.25, 0.3) is 5.88 Å². The summed E-state index contributed by atoms with van der Waals surface area (Å²) in [7, 11) is 1.53. The summed E-state index contributed by atoms with van der Waals surface area (Å²) in [5, 5.41) is 0.0943. The minimum Gasteiger partial charge on any atom is -0.478 e. The molecule has 0 spiro atoms. The van der Waals surface area contributed by atoms with Crippen LogP contribution >= 0.6 is 11.6 Å². The standard InChI is InChI=1S/C13H9ClFN3O/c1-19-13-12-17-7-11(18(12)5-4-16-13)8-2-3-9(14)10(15)6-8/h2-7H,1H3. The zero-order valence-electron chi connectivity index (χ0n) is 9.97. The minimum absolute atomic E-state index is 0.0943. The molecule has 96 valence electrons. The van der Waals surface area contributed by atoms with Gasteiger partial charge in [0, 0.05) is 18.0 Å². The van der Waals surface area contributed by atoms with Crippen molar-refractivity contribution in [2.75, 3.05) is 7.11 Å². The predicted octanol–water partition coefficient (Wildman–Crippen LogP) is 3.20. The smallest absolute Gasteiger partial charge is 0.258 e. The van der Waals surface area contributed by atoms with E-state index in [1.54, 1.807) is 29.1 Å². The summed E-state index contributed by atoms with van der Waals surface area (Å²) in [6.07, 6.45) is 4.98. The third-order valence-electron chi connectivity index (χ3n) is 2.80. The number of aromatic nitrogens is 3. The Bertz CT molecular complexity index is 757. The molecule has 0 aliphatic carbocycles. The molecule has 0 saturated heterocycles. The predicted molar refractivity (Wildman–Crippen MR) is 69.9 cm³/mol. The van der Waals surface area contributed by atoms with Crippen molar-refractivity contribution in [2.45, 2.75) is 0 Å². The van der Waals surface area contributed by atoms with Crippen molar-refractivity contribution < 1.29 is 9.13 Å². The van der Waals surface area contributed by atoms with Crippen LogP contribution in [0.3, 0.4) is 0 Å². The number of ether oxygens (including phenoxy) is 1. The summed E-state index contributed by atoms with van der Waals surface area (Å²) in [6.45, 7) is 0. The highest BCUT2D eigenvalue weighted by atomic mass is 35.5. The molecule has 0 aliphatic rings. The largest absolute Gasteiger partial charge is 0.478 e. The Balaban J connectivity index is 2.23. The molecule has 0 bridgehead atoms. The Morgan fingerprint density at radius 2 is 2.16 bits per heavy atom. The first kappa shape index (κ1) is 11.9. The van der Waals surface area contributed by atoms with Crippen LogP contribution in [0.1, 0.15) is 0 Å². The topological polar surface area (TPSA) is 39.4 Å². The van der Waals surface area contributed by atoms with E-state index in [2.05, 4.69) is 9.97 Å². The van der Waals surface area contributed by atoms with Crippen molar-refractivity contribution in [3.63, 3.8) is 0 Å². The lowest BCUT2D eigenvalue weighted by Crippen LogP contribution is -1.94. The van der Waals surface area contributed by atoms with Crippen LogP contribution in [0.5, 0.6) is 5.88 Å². The Morgan fingerprint density at radius 3 is 2.89 bits per heavy atom. The molecule has 2 heterocycles. The molecular weight excluding hydrogens is 269 g/mol. The third-order valence-corrected chi connectivity index (χ3v) is 3.11. The SMILES string of the molecule is COc1nccn2c(-c3ccc(Cl)c(F)c3)cnc12. The number of hydrogen-bond acceptors (Lipinski definition) is 3. The molecule has 3 aromatic rings. The van der Waals surface area contributed by atoms with Crippen LogP contribution in [0.4, 0.5) is 4.39 Å². The highest BCUT2D eigenvalue weighted by molar-refractivity contribution is 6.30. The molecule has 1 aromatic carbocycles. The second-order valence-corrected chi connectivity index (χ2v) is 4.31. The number of halogens is 2. The second-order valence-electron chi connectivity index (χ2n) is 3.90. The molecule has 0 amide bonds. The van der Waals surface area contributed by atoms with E-state index in [0.717, 1.165) is 5.69 Å². The van der Waals surface area contributed by atoms with Gasteiger partial charge in [0.15, 0.2) is 0 Å². The van der Waals surface area contributed by atoms with Gasteiger partial charge in [-0.25, -0.2) is 14.4 Å². The molecule has 0 N–H and O–H groups in total. The molecular formula is C13H9ClFN3O. The molecule has 4 nitrogen and oxygen atoms in total. The Morgan fingerprint density at radius 1 is 1.32 bits per heavy atom. The van der Waals surface area contributed by atoms with E-state index >= 15 is 0 Å². The fourth-order valence-corrected chi connectivity index (χ4v) is 2.03. The van der Waals surface area contributed by atoms with Gasteiger partial charge < -0.3 is 4.74 Å². The summed E-state index contributed by atoms with van der Waals surface area (Å²) in [5.41, 5.74) is 2.00. The highest BCUT2D eigenvalue weighted by Gasteiger charge is 2.11. The summed E-state index contributed by atoms with van der Waals surface area (Å²) < 4.78 is 20.4. The van der Waals surface area contributed by atoms with Gasteiger partial charge in [-0.2, -0.15) is 0 Å². The van der Waals surface area contributed by atoms with Gasteiger partial charge in [-0.15, -0.1) is 0 Å². The van der Waals surface area contributed by atoms with E-state index in [1.807, 2.05) is 0 Å². The van der Waals surface area contributed by atoms with Gasteiger partial charge in [-0.1, -0.05) is 17.7 Å².